The molecule has 76 valence electrons. The summed E-state index contributed by atoms with van der Waals surface area (Å²) >= 11 is 0. The van der Waals surface area contributed by atoms with E-state index in [0.29, 0.717) is 25.2 Å². The summed E-state index contributed by atoms with van der Waals surface area (Å²) in [7, 11) is 1.98. The van der Waals surface area contributed by atoms with Crippen molar-refractivity contribution in [1.29, 1.82) is 0 Å². The molecule has 0 bridgehead atoms. The Morgan fingerprint density at radius 1 is 1.46 bits per heavy atom. The molecule has 1 aliphatic carbocycles. The second-order valence-electron chi connectivity index (χ2n) is 3.54. The molecule has 0 radical (unpaired) electrons. The molecule has 0 saturated heterocycles. The minimum Gasteiger partial charge on any atom is -0.376 e. The third-order valence-electron chi connectivity index (χ3n) is 2.64. The Bertz CT molecular complexity index is 150. The highest BCUT2D eigenvalue weighted by atomic mass is 16.5. The first-order valence-electron chi connectivity index (χ1n) is 5.11. The molecular weight excluding hydrogens is 166 g/mol. The first-order chi connectivity index (χ1) is 6.38. The van der Waals surface area contributed by atoms with Gasteiger partial charge in [-0.1, -0.05) is 12.8 Å². The van der Waals surface area contributed by atoms with E-state index in [0.717, 1.165) is 12.7 Å². The summed E-state index contributed by atoms with van der Waals surface area (Å²) in [6.07, 6.45) is 6.62. The van der Waals surface area contributed by atoms with Gasteiger partial charge in [0.05, 0.1) is 12.7 Å². The monoisotopic (exact) mass is 185 g/mol. The van der Waals surface area contributed by atoms with Crippen LogP contribution in [0.3, 0.4) is 0 Å². The van der Waals surface area contributed by atoms with E-state index < -0.39 is 0 Å². The van der Waals surface area contributed by atoms with Gasteiger partial charge in [-0.05, 0) is 19.9 Å². The van der Waals surface area contributed by atoms with E-state index in [1.54, 1.807) is 0 Å². The van der Waals surface area contributed by atoms with E-state index in [4.69, 9.17) is 4.74 Å². The topological polar surface area (TPSA) is 38.3 Å². The van der Waals surface area contributed by atoms with Crippen molar-refractivity contribution in [3.05, 3.63) is 0 Å². The number of hydrogen-bond donors (Lipinski definition) is 1. The highest BCUT2D eigenvalue weighted by Crippen LogP contribution is 2.20. The number of carbonyl (C=O) groups is 1. The average molecular weight is 185 g/mol. The van der Waals surface area contributed by atoms with Crippen LogP contribution >= 0.6 is 0 Å². The molecule has 0 spiro atoms. The molecule has 1 saturated carbocycles. The highest BCUT2D eigenvalue weighted by Gasteiger charge is 2.23. The van der Waals surface area contributed by atoms with Gasteiger partial charge in [-0.2, -0.15) is 0 Å². The van der Waals surface area contributed by atoms with Gasteiger partial charge in [0.1, 0.15) is 6.29 Å². The molecule has 1 aliphatic rings. The lowest BCUT2D eigenvalue weighted by atomic mass is 9.92. The second kappa shape index (κ2) is 6.11. The van der Waals surface area contributed by atoms with Crippen LogP contribution in [0.15, 0.2) is 0 Å². The first-order valence-corrected chi connectivity index (χ1v) is 5.11. The zero-order chi connectivity index (χ0) is 9.52. The fourth-order valence-corrected chi connectivity index (χ4v) is 1.89. The van der Waals surface area contributed by atoms with Gasteiger partial charge in [0.15, 0.2) is 0 Å². The van der Waals surface area contributed by atoms with Crippen LogP contribution in [-0.2, 0) is 9.53 Å². The van der Waals surface area contributed by atoms with Gasteiger partial charge in [0.25, 0.3) is 0 Å². The predicted octanol–water partition coefficient (Wildman–Crippen LogP) is 1.12. The molecule has 1 fully saturated rings. The molecule has 0 aromatic carbocycles. The molecule has 0 aliphatic heterocycles. The van der Waals surface area contributed by atoms with Gasteiger partial charge in [0, 0.05) is 12.5 Å². The maximum absolute atomic E-state index is 10.1. The largest absolute Gasteiger partial charge is 0.376 e. The van der Waals surface area contributed by atoms with Crippen molar-refractivity contribution in [3.8, 4) is 0 Å². The number of rotatable bonds is 5. The summed E-state index contributed by atoms with van der Waals surface area (Å²) in [6.45, 7) is 0.576. The molecule has 2 unspecified atom stereocenters. The lowest BCUT2D eigenvalue weighted by Gasteiger charge is -2.31. The minimum absolute atomic E-state index is 0.318. The molecule has 2 atom stereocenters. The van der Waals surface area contributed by atoms with Crippen LogP contribution in [0.4, 0.5) is 0 Å². The lowest BCUT2D eigenvalue weighted by Crippen LogP contribution is -2.41. The molecule has 3 heteroatoms. The molecule has 0 heterocycles. The maximum atomic E-state index is 10.1. The number of likely N-dealkylation sites (N-methyl/N-ethyl adjacent to an activating group) is 1. The van der Waals surface area contributed by atoms with Crippen molar-refractivity contribution in [3.63, 3.8) is 0 Å². The van der Waals surface area contributed by atoms with Crippen molar-refractivity contribution in [2.75, 3.05) is 13.7 Å². The summed E-state index contributed by atoms with van der Waals surface area (Å²) in [4.78, 5) is 10.1. The Balaban J connectivity index is 2.23. The Kier molecular flexibility index (Phi) is 5.01. The van der Waals surface area contributed by atoms with Gasteiger partial charge in [-0.15, -0.1) is 0 Å². The highest BCUT2D eigenvalue weighted by molar-refractivity contribution is 5.49. The van der Waals surface area contributed by atoms with E-state index in [1.165, 1.54) is 19.3 Å². The standard InChI is InChI=1S/C10H19NO2/c1-11-9-5-2-3-6-10(9)13-8-4-7-12/h7,9-11H,2-6,8H2,1H3. The Hall–Kier alpha value is -0.410. The van der Waals surface area contributed by atoms with E-state index in [2.05, 4.69) is 5.32 Å². The fraction of sp³-hybridized carbons (Fsp3) is 0.900. The van der Waals surface area contributed by atoms with Crippen molar-refractivity contribution in [1.82, 2.24) is 5.32 Å². The van der Waals surface area contributed by atoms with Gasteiger partial charge >= 0.3 is 0 Å². The molecular formula is C10H19NO2. The Labute approximate surface area is 79.8 Å². The first kappa shape index (κ1) is 10.7. The summed E-state index contributed by atoms with van der Waals surface area (Å²) in [5, 5.41) is 3.27. The predicted molar refractivity (Wildman–Crippen MR) is 51.7 cm³/mol. The maximum Gasteiger partial charge on any atom is 0.122 e. The number of carbonyl (C=O) groups excluding carboxylic acids is 1. The van der Waals surface area contributed by atoms with Gasteiger partial charge < -0.3 is 14.8 Å². The molecule has 1 rings (SSSR count). The van der Waals surface area contributed by atoms with Crippen LogP contribution < -0.4 is 5.32 Å². The Morgan fingerprint density at radius 3 is 2.92 bits per heavy atom. The third-order valence-corrected chi connectivity index (χ3v) is 2.64. The van der Waals surface area contributed by atoms with E-state index in [-0.39, 0.29) is 0 Å². The summed E-state index contributed by atoms with van der Waals surface area (Å²) in [5.41, 5.74) is 0. The molecule has 0 amide bonds. The van der Waals surface area contributed by atoms with Crippen LogP contribution in [0, 0.1) is 0 Å². The van der Waals surface area contributed by atoms with Crippen LogP contribution in [0.1, 0.15) is 32.1 Å². The van der Waals surface area contributed by atoms with Crippen LogP contribution in [0.25, 0.3) is 0 Å². The molecule has 0 aromatic heterocycles. The minimum atomic E-state index is 0.318. The third kappa shape index (κ3) is 3.44. The van der Waals surface area contributed by atoms with E-state index in [9.17, 15) is 4.79 Å². The Morgan fingerprint density at radius 2 is 2.23 bits per heavy atom. The normalized spacial score (nSPS) is 28.7. The number of nitrogens with one attached hydrogen (secondary N) is 1. The quantitative estimate of drug-likeness (QED) is 0.515. The second-order valence-corrected chi connectivity index (χ2v) is 3.54. The summed E-state index contributed by atoms with van der Waals surface area (Å²) in [5.74, 6) is 0. The average Bonchev–Trinajstić information content (AvgIpc) is 2.19. The lowest BCUT2D eigenvalue weighted by molar-refractivity contribution is -0.109. The van der Waals surface area contributed by atoms with Gasteiger partial charge in [-0.25, -0.2) is 0 Å². The van der Waals surface area contributed by atoms with Crippen molar-refractivity contribution >= 4 is 6.29 Å². The molecule has 3 nitrogen and oxygen atoms in total. The SMILES string of the molecule is CNC1CCCCC1OCCC=O. The summed E-state index contributed by atoms with van der Waals surface area (Å²) in [6, 6.07) is 0.486. The summed E-state index contributed by atoms with van der Waals surface area (Å²) < 4.78 is 5.63. The van der Waals surface area contributed by atoms with Gasteiger partial charge in [-0.3, -0.25) is 0 Å². The van der Waals surface area contributed by atoms with Crippen LogP contribution in [0.5, 0.6) is 0 Å². The van der Waals surface area contributed by atoms with Crippen molar-refractivity contribution in [2.45, 2.75) is 44.2 Å². The number of hydrogen-bond acceptors (Lipinski definition) is 3. The van der Waals surface area contributed by atoms with Crippen LogP contribution in [0.2, 0.25) is 0 Å². The van der Waals surface area contributed by atoms with Crippen molar-refractivity contribution < 1.29 is 9.53 Å². The van der Waals surface area contributed by atoms with Gasteiger partial charge in [0.2, 0.25) is 0 Å². The zero-order valence-electron chi connectivity index (χ0n) is 8.29. The van der Waals surface area contributed by atoms with E-state index in [1.807, 2.05) is 7.05 Å². The molecule has 0 aromatic rings. The van der Waals surface area contributed by atoms with Crippen molar-refractivity contribution in [2.24, 2.45) is 0 Å². The molecule has 1 N–H and O–H groups in total. The number of ether oxygens (including phenoxy) is 1. The fourth-order valence-electron chi connectivity index (χ4n) is 1.89. The van der Waals surface area contributed by atoms with E-state index >= 15 is 0 Å². The van der Waals surface area contributed by atoms with Crippen LogP contribution in [-0.4, -0.2) is 32.1 Å². The zero-order valence-corrected chi connectivity index (χ0v) is 8.29. The smallest absolute Gasteiger partial charge is 0.122 e. The number of aldehydes is 1. The molecule has 13 heavy (non-hydrogen) atoms.